The summed E-state index contributed by atoms with van der Waals surface area (Å²) < 4.78 is 5.59. The predicted octanol–water partition coefficient (Wildman–Crippen LogP) is 4.39. The summed E-state index contributed by atoms with van der Waals surface area (Å²) in [4.78, 5) is 19.2. The second-order valence-electron chi connectivity index (χ2n) is 8.15. The predicted molar refractivity (Wildman–Crippen MR) is 110 cm³/mol. The Kier molecular flexibility index (Phi) is 4.47. The Bertz CT molecular complexity index is 1020. The Labute approximate surface area is 169 Å². The van der Waals surface area contributed by atoms with Crippen LogP contribution in [0.3, 0.4) is 0 Å². The van der Waals surface area contributed by atoms with Crippen molar-refractivity contribution in [3.8, 4) is 0 Å². The van der Waals surface area contributed by atoms with E-state index < -0.39 is 5.60 Å². The standard InChI is InChI=1S/C24H24N2O3/c27-23(29-16-17-6-2-1-3-7-17)26-19-11-12-20(26)15-24(28,14-19)21-10-4-8-18-9-5-13-25-22(18)21/h1-10,13,19-20,28H,11-12,14-16H2. The van der Waals surface area contributed by atoms with Gasteiger partial charge in [-0.1, -0.05) is 54.6 Å². The maximum atomic E-state index is 12.8. The third-order valence-corrected chi connectivity index (χ3v) is 6.32. The summed E-state index contributed by atoms with van der Waals surface area (Å²) >= 11 is 0. The van der Waals surface area contributed by atoms with Gasteiger partial charge in [-0.25, -0.2) is 4.79 Å². The topological polar surface area (TPSA) is 62.7 Å². The molecule has 5 nitrogen and oxygen atoms in total. The monoisotopic (exact) mass is 388 g/mol. The Hall–Kier alpha value is -2.92. The number of aliphatic hydroxyl groups is 1. The van der Waals surface area contributed by atoms with Crippen LogP contribution in [0.2, 0.25) is 0 Å². The van der Waals surface area contributed by atoms with Crippen molar-refractivity contribution in [2.75, 3.05) is 0 Å². The van der Waals surface area contributed by atoms with Gasteiger partial charge in [-0.05, 0) is 24.5 Å². The van der Waals surface area contributed by atoms with Crippen LogP contribution in [0, 0.1) is 0 Å². The number of aromatic nitrogens is 1. The molecule has 2 bridgehead atoms. The zero-order chi connectivity index (χ0) is 19.8. The molecule has 148 valence electrons. The highest BCUT2D eigenvalue weighted by molar-refractivity contribution is 5.82. The van der Waals surface area contributed by atoms with Crippen LogP contribution < -0.4 is 0 Å². The Morgan fingerprint density at radius 2 is 1.76 bits per heavy atom. The molecule has 0 radical (unpaired) electrons. The van der Waals surface area contributed by atoms with Gasteiger partial charge in [0.2, 0.25) is 0 Å². The molecule has 1 N–H and O–H groups in total. The van der Waals surface area contributed by atoms with Crippen molar-refractivity contribution in [1.82, 2.24) is 9.88 Å². The number of piperidine rings is 1. The number of rotatable bonds is 3. The fraction of sp³-hybridized carbons (Fsp3) is 0.333. The molecule has 1 amide bonds. The molecule has 29 heavy (non-hydrogen) atoms. The van der Waals surface area contributed by atoms with E-state index in [4.69, 9.17) is 4.74 Å². The zero-order valence-corrected chi connectivity index (χ0v) is 16.2. The number of amides is 1. The molecule has 1 aromatic heterocycles. The van der Waals surface area contributed by atoms with Crippen molar-refractivity contribution >= 4 is 17.0 Å². The number of nitrogens with zero attached hydrogens (tertiary/aromatic N) is 2. The molecule has 5 heteroatoms. The molecular formula is C24H24N2O3. The first-order chi connectivity index (χ1) is 14.1. The number of fused-ring (bicyclic) bond motifs is 3. The second kappa shape index (κ2) is 7.16. The van der Waals surface area contributed by atoms with E-state index in [1.807, 2.05) is 65.6 Å². The van der Waals surface area contributed by atoms with Crippen LogP contribution in [-0.2, 0) is 16.9 Å². The van der Waals surface area contributed by atoms with Crippen molar-refractivity contribution in [2.24, 2.45) is 0 Å². The molecule has 0 saturated carbocycles. The lowest BCUT2D eigenvalue weighted by molar-refractivity contribution is -0.0528. The molecule has 2 aromatic carbocycles. The van der Waals surface area contributed by atoms with E-state index in [9.17, 15) is 9.90 Å². The lowest BCUT2D eigenvalue weighted by Crippen LogP contribution is -2.52. The minimum Gasteiger partial charge on any atom is -0.445 e. The van der Waals surface area contributed by atoms with Crippen LogP contribution >= 0.6 is 0 Å². The Morgan fingerprint density at radius 1 is 1.03 bits per heavy atom. The van der Waals surface area contributed by atoms with Crippen LogP contribution in [0.1, 0.15) is 36.8 Å². The van der Waals surface area contributed by atoms with Gasteiger partial charge in [-0.2, -0.15) is 0 Å². The summed E-state index contributed by atoms with van der Waals surface area (Å²) in [6.07, 6.45) is 4.30. The van der Waals surface area contributed by atoms with Gasteiger partial charge in [0.05, 0.1) is 11.1 Å². The third kappa shape index (κ3) is 3.25. The number of carbonyl (C=O) groups is 1. The SMILES string of the molecule is O=C(OCc1ccccc1)N1C2CCC1CC(O)(c1cccc3cccnc13)C2. The van der Waals surface area contributed by atoms with Crippen LogP contribution in [0.25, 0.3) is 10.9 Å². The highest BCUT2D eigenvalue weighted by Gasteiger charge is 2.51. The fourth-order valence-electron chi connectivity index (χ4n) is 5.02. The van der Waals surface area contributed by atoms with E-state index in [0.29, 0.717) is 12.8 Å². The highest BCUT2D eigenvalue weighted by Crippen LogP contribution is 2.47. The third-order valence-electron chi connectivity index (χ3n) is 6.32. The minimum atomic E-state index is -0.976. The number of para-hydroxylation sites is 1. The molecule has 3 aromatic rings. The van der Waals surface area contributed by atoms with Crippen molar-refractivity contribution in [3.05, 3.63) is 78.0 Å². The summed E-state index contributed by atoms with van der Waals surface area (Å²) in [5.41, 5.74) is 1.71. The summed E-state index contributed by atoms with van der Waals surface area (Å²) in [6.45, 7) is 0.271. The van der Waals surface area contributed by atoms with E-state index in [1.165, 1.54) is 0 Å². The van der Waals surface area contributed by atoms with E-state index in [-0.39, 0.29) is 24.8 Å². The zero-order valence-electron chi connectivity index (χ0n) is 16.2. The molecule has 2 saturated heterocycles. The number of ether oxygens (including phenoxy) is 1. The number of hydrogen-bond acceptors (Lipinski definition) is 4. The Morgan fingerprint density at radius 3 is 2.52 bits per heavy atom. The lowest BCUT2D eigenvalue weighted by atomic mass is 9.79. The molecule has 2 aliphatic rings. The number of benzene rings is 2. The normalized spacial score (nSPS) is 25.9. The second-order valence-corrected chi connectivity index (χ2v) is 8.15. The first-order valence-corrected chi connectivity index (χ1v) is 10.2. The van der Waals surface area contributed by atoms with Gasteiger partial charge in [-0.15, -0.1) is 0 Å². The van der Waals surface area contributed by atoms with Gasteiger partial charge in [-0.3, -0.25) is 4.98 Å². The van der Waals surface area contributed by atoms with Crippen molar-refractivity contribution in [3.63, 3.8) is 0 Å². The van der Waals surface area contributed by atoms with Crippen LogP contribution in [0.4, 0.5) is 4.79 Å². The van der Waals surface area contributed by atoms with Crippen molar-refractivity contribution < 1.29 is 14.6 Å². The Balaban J connectivity index is 1.36. The molecule has 2 fully saturated rings. The van der Waals surface area contributed by atoms with Gasteiger partial charge in [0.15, 0.2) is 0 Å². The van der Waals surface area contributed by atoms with Crippen LogP contribution in [0.5, 0.6) is 0 Å². The minimum absolute atomic E-state index is 0.0130. The van der Waals surface area contributed by atoms with Crippen LogP contribution in [-0.4, -0.2) is 33.2 Å². The number of hydrogen-bond donors (Lipinski definition) is 1. The summed E-state index contributed by atoms with van der Waals surface area (Å²) in [5, 5.41) is 12.6. The lowest BCUT2D eigenvalue weighted by Gasteiger charge is -2.43. The van der Waals surface area contributed by atoms with Gasteiger partial charge in [0, 0.05) is 42.1 Å². The van der Waals surface area contributed by atoms with Crippen molar-refractivity contribution in [1.29, 1.82) is 0 Å². The van der Waals surface area contributed by atoms with E-state index in [2.05, 4.69) is 4.98 Å². The van der Waals surface area contributed by atoms with Gasteiger partial charge >= 0.3 is 6.09 Å². The molecule has 5 rings (SSSR count). The maximum Gasteiger partial charge on any atom is 0.410 e. The quantitative estimate of drug-likeness (QED) is 0.723. The van der Waals surface area contributed by atoms with Gasteiger partial charge in [0.25, 0.3) is 0 Å². The average molecular weight is 388 g/mol. The van der Waals surface area contributed by atoms with Crippen molar-refractivity contribution in [2.45, 2.75) is 50.0 Å². The molecule has 0 spiro atoms. The van der Waals surface area contributed by atoms with Gasteiger partial charge < -0.3 is 14.7 Å². The molecule has 2 unspecified atom stereocenters. The number of carbonyl (C=O) groups excluding carboxylic acids is 1. The summed E-state index contributed by atoms with van der Waals surface area (Å²) in [7, 11) is 0. The van der Waals surface area contributed by atoms with E-state index in [0.717, 1.165) is 34.9 Å². The first kappa shape index (κ1) is 18.1. The highest BCUT2D eigenvalue weighted by atomic mass is 16.6. The largest absolute Gasteiger partial charge is 0.445 e. The molecule has 3 heterocycles. The summed E-state index contributed by atoms with van der Waals surface area (Å²) in [6, 6.07) is 19.6. The number of pyridine rings is 1. The molecule has 0 aliphatic carbocycles. The molecular weight excluding hydrogens is 364 g/mol. The van der Waals surface area contributed by atoms with E-state index >= 15 is 0 Å². The smallest absolute Gasteiger partial charge is 0.410 e. The van der Waals surface area contributed by atoms with Gasteiger partial charge in [0.1, 0.15) is 6.61 Å². The van der Waals surface area contributed by atoms with Crippen LogP contribution in [0.15, 0.2) is 66.9 Å². The molecule has 2 aliphatic heterocycles. The average Bonchev–Trinajstić information content (AvgIpc) is 3.04. The fourth-order valence-corrected chi connectivity index (χ4v) is 5.02. The maximum absolute atomic E-state index is 12.8. The van der Waals surface area contributed by atoms with E-state index in [1.54, 1.807) is 6.20 Å². The first-order valence-electron chi connectivity index (χ1n) is 10.2. The molecule has 2 atom stereocenters. The summed E-state index contributed by atoms with van der Waals surface area (Å²) in [5.74, 6) is 0.